The number of hydrogen-bond donors (Lipinski definition) is 2. The maximum Gasteiger partial charge on any atom is 0.320 e. The fourth-order valence-corrected chi connectivity index (χ4v) is 10.6. The van der Waals surface area contributed by atoms with Crippen molar-refractivity contribution in [2.75, 3.05) is 26.7 Å². The van der Waals surface area contributed by atoms with Crippen LogP contribution in [0.3, 0.4) is 0 Å². The van der Waals surface area contributed by atoms with Crippen molar-refractivity contribution in [2.24, 2.45) is 21.8 Å². The zero-order valence-electron chi connectivity index (χ0n) is 42.2. The highest BCUT2D eigenvalue weighted by Gasteiger charge is 2.36. The second-order valence-corrected chi connectivity index (χ2v) is 20.5. The van der Waals surface area contributed by atoms with Crippen LogP contribution in [0.15, 0.2) is 108 Å². The highest BCUT2D eigenvalue weighted by atomic mass is 35.5. The maximum absolute atomic E-state index is 12.2. The number of halogens is 2. The third-order valence-corrected chi connectivity index (χ3v) is 14.6. The number of benzene rings is 4. The molecule has 0 bridgehead atoms. The number of carbonyl (C=O) groups is 2. The van der Waals surface area contributed by atoms with E-state index < -0.39 is 24.0 Å². The van der Waals surface area contributed by atoms with E-state index in [0.717, 1.165) is 72.5 Å². The smallest absolute Gasteiger partial charge is 0.320 e. The topological polar surface area (TPSA) is 168 Å². The van der Waals surface area contributed by atoms with Crippen molar-refractivity contribution in [3.63, 3.8) is 0 Å². The van der Waals surface area contributed by atoms with E-state index in [2.05, 4.69) is 59.8 Å². The standard InChI is InChI=1S/C58H60Cl2N6O8/c1-34-12-51(57(67)68)65(26-34)28-44-16-48(59)55(18-53(44)71-30-39-14-38(20-61-5)21-62-22-39)73-32-41-8-6-10-46(36(41)3)47-11-7-9-42(37(47)4)33-74-56-19-54(72-31-40-15-43(24-63-23-40)50-25-64-50)45(17-49(56)60)29-66-27-35(2)13-52(66)58(69)70/h6-11,14-24,34-35,51-52H,12-13,25-33H2,1-5H3,(H,67,68)(H,69,70)/t34-,35-,51-,52-/m0/s1. The molecule has 0 saturated carbocycles. The van der Waals surface area contributed by atoms with E-state index in [9.17, 15) is 19.8 Å². The minimum atomic E-state index is -0.845. The summed E-state index contributed by atoms with van der Waals surface area (Å²) in [6.45, 7) is 11.9. The number of rotatable bonds is 21. The molecule has 2 fully saturated rings. The first kappa shape index (κ1) is 52.0. The predicted molar refractivity (Wildman–Crippen MR) is 286 cm³/mol. The van der Waals surface area contributed by atoms with Crippen LogP contribution in [0.4, 0.5) is 0 Å². The summed E-state index contributed by atoms with van der Waals surface area (Å²) in [5.41, 5.74) is 12.2. The Balaban J connectivity index is 0.927. The number of nitrogens with zero attached hydrogens (tertiary/aromatic N) is 6. The van der Waals surface area contributed by atoms with Crippen LogP contribution in [-0.4, -0.2) is 92.6 Å². The third kappa shape index (κ3) is 12.4. The van der Waals surface area contributed by atoms with Crippen LogP contribution >= 0.6 is 23.2 Å². The molecule has 9 rings (SSSR count). The molecule has 0 unspecified atom stereocenters. The minimum Gasteiger partial charge on any atom is -0.488 e. The Morgan fingerprint density at radius 1 is 0.649 bits per heavy atom. The van der Waals surface area contributed by atoms with Gasteiger partial charge in [0.15, 0.2) is 0 Å². The quantitative estimate of drug-likeness (QED) is 0.0656. The van der Waals surface area contributed by atoms with E-state index in [0.29, 0.717) is 78.6 Å². The Bertz CT molecular complexity index is 3130. The van der Waals surface area contributed by atoms with E-state index in [-0.39, 0.29) is 38.3 Å². The van der Waals surface area contributed by atoms with Crippen molar-refractivity contribution in [3.8, 4) is 34.1 Å². The molecule has 0 radical (unpaired) electrons. The van der Waals surface area contributed by atoms with Gasteiger partial charge in [0.1, 0.15) is 61.5 Å². The molecule has 384 valence electrons. The lowest BCUT2D eigenvalue weighted by Gasteiger charge is -2.24. The molecule has 3 aliphatic heterocycles. The second-order valence-electron chi connectivity index (χ2n) is 19.7. The Labute approximate surface area is 441 Å². The lowest BCUT2D eigenvalue weighted by Crippen LogP contribution is -2.35. The second kappa shape index (κ2) is 23.1. The monoisotopic (exact) mass is 1040 g/mol. The first-order valence-corrected chi connectivity index (χ1v) is 25.6. The van der Waals surface area contributed by atoms with Crippen molar-refractivity contribution in [3.05, 3.63) is 163 Å². The number of aliphatic carboxylic acids is 2. The Morgan fingerprint density at radius 3 is 1.59 bits per heavy atom. The van der Waals surface area contributed by atoms with Crippen molar-refractivity contribution >= 4 is 47.1 Å². The van der Waals surface area contributed by atoms with Gasteiger partial charge in [0, 0.05) is 110 Å². The van der Waals surface area contributed by atoms with Gasteiger partial charge in [0.25, 0.3) is 0 Å². The van der Waals surface area contributed by atoms with Crippen LogP contribution in [0.1, 0.15) is 82.3 Å². The summed E-state index contributed by atoms with van der Waals surface area (Å²) in [7, 11) is 1.71. The lowest BCUT2D eigenvalue weighted by molar-refractivity contribution is -0.143. The minimum absolute atomic E-state index is 0.213. The Morgan fingerprint density at radius 2 is 1.12 bits per heavy atom. The van der Waals surface area contributed by atoms with E-state index in [4.69, 9.17) is 42.1 Å². The van der Waals surface area contributed by atoms with Crippen molar-refractivity contribution in [1.29, 1.82) is 0 Å². The molecule has 2 saturated heterocycles. The highest BCUT2D eigenvalue weighted by Crippen LogP contribution is 2.40. The Hall–Kier alpha value is -6.84. The molecule has 14 nitrogen and oxygen atoms in total. The van der Waals surface area contributed by atoms with Gasteiger partial charge in [-0.05, 0) is 96.2 Å². The van der Waals surface area contributed by atoms with Gasteiger partial charge >= 0.3 is 11.9 Å². The van der Waals surface area contributed by atoms with Crippen LogP contribution in [0.2, 0.25) is 10.0 Å². The van der Waals surface area contributed by atoms with Crippen LogP contribution in [0, 0.1) is 25.7 Å². The SMILES string of the molecule is CN=Cc1cncc(COc2cc(OCc3cccc(-c4cccc(COc5cc(OCc6cncc(C7=NC7)c6)c(CN6C[C@@H](C)C[C@H]6C(=O)O)cc5Cl)c4C)c3C)c(Cl)cc2CN2C[C@@H](C)C[C@H]2C(=O)O)c1. The number of aliphatic imine (C=N–C) groups is 2. The Kier molecular flexibility index (Phi) is 16.3. The summed E-state index contributed by atoms with van der Waals surface area (Å²) in [5.74, 6) is 0.753. The van der Waals surface area contributed by atoms with Gasteiger partial charge in [-0.2, -0.15) is 0 Å². The van der Waals surface area contributed by atoms with Gasteiger partial charge in [-0.3, -0.25) is 39.3 Å². The number of carboxylic acids is 2. The van der Waals surface area contributed by atoms with Crippen molar-refractivity contribution < 1.29 is 38.7 Å². The molecule has 16 heteroatoms. The predicted octanol–water partition coefficient (Wildman–Crippen LogP) is 10.8. The first-order chi connectivity index (χ1) is 35.7. The van der Waals surface area contributed by atoms with Crippen molar-refractivity contribution in [2.45, 2.75) is 92.1 Å². The van der Waals surface area contributed by atoms with Crippen LogP contribution in [0.5, 0.6) is 23.0 Å². The molecule has 3 aliphatic rings. The third-order valence-electron chi connectivity index (χ3n) is 14.0. The molecule has 0 aliphatic carbocycles. The molecule has 2 aromatic heterocycles. The van der Waals surface area contributed by atoms with Crippen molar-refractivity contribution in [1.82, 2.24) is 19.8 Å². The van der Waals surface area contributed by atoms with Gasteiger partial charge < -0.3 is 29.2 Å². The number of ether oxygens (including phenoxy) is 4. The molecule has 4 atom stereocenters. The number of pyridine rings is 2. The molecule has 4 aromatic carbocycles. The molecule has 2 N–H and O–H groups in total. The average Bonchev–Trinajstić information content (AvgIpc) is 4.07. The first-order valence-electron chi connectivity index (χ1n) is 24.8. The fraction of sp³-hybridized carbons (Fsp3) is 0.345. The molecular weight excluding hydrogens is 980 g/mol. The van der Waals surface area contributed by atoms with Gasteiger partial charge in [0.05, 0.1) is 22.3 Å². The van der Waals surface area contributed by atoms with Gasteiger partial charge in [0.2, 0.25) is 0 Å². The summed E-state index contributed by atoms with van der Waals surface area (Å²) in [5, 5.41) is 20.9. The summed E-state index contributed by atoms with van der Waals surface area (Å²) in [6, 6.07) is 22.3. The summed E-state index contributed by atoms with van der Waals surface area (Å²) in [4.78, 5) is 45.6. The van der Waals surface area contributed by atoms with Gasteiger partial charge in [-0.15, -0.1) is 0 Å². The van der Waals surface area contributed by atoms with Gasteiger partial charge in [-0.25, -0.2) is 0 Å². The highest BCUT2D eigenvalue weighted by molar-refractivity contribution is 6.32. The zero-order chi connectivity index (χ0) is 52.0. The number of aromatic nitrogens is 2. The van der Waals surface area contributed by atoms with E-state index in [1.165, 1.54) is 0 Å². The van der Waals surface area contributed by atoms with Crippen LogP contribution in [-0.2, 0) is 49.1 Å². The molecular formula is C58H60Cl2N6O8. The summed E-state index contributed by atoms with van der Waals surface area (Å²) in [6.07, 6.45) is 9.91. The van der Waals surface area contributed by atoms with E-state index in [1.807, 2.05) is 58.3 Å². The largest absolute Gasteiger partial charge is 0.488 e. The van der Waals surface area contributed by atoms with Crippen LogP contribution < -0.4 is 18.9 Å². The fourth-order valence-electron chi connectivity index (χ4n) is 10.1. The summed E-state index contributed by atoms with van der Waals surface area (Å²) >= 11 is 14.0. The molecule has 6 aromatic rings. The normalized spacial score (nSPS) is 18.7. The molecule has 0 amide bonds. The lowest BCUT2D eigenvalue weighted by atomic mass is 9.92. The average molecular weight is 1040 g/mol. The van der Waals surface area contributed by atoms with Gasteiger partial charge in [-0.1, -0.05) is 73.4 Å². The zero-order valence-corrected chi connectivity index (χ0v) is 43.7. The molecule has 5 heterocycles. The molecule has 0 spiro atoms. The maximum atomic E-state index is 12.2. The molecule has 74 heavy (non-hydrogen) atoms. The number of likely N-dealkylation sites (tertiary alicyclic amines) is 2. The number of hydrogen-bond acceptors (Lipinski definition) is 12. The van der Waals surface area contributed by atoms with E-state index >= 15 is 0 Å². The summed E-state index contributed by atoms with van der Waals surface area (Å²) < 4.78 is 25.9. The van der Waals surface area contributed by atoms with Crippen LogP contribution in [0.25, 0.3) is 11.1 Å². The number of carboxylic acid groups (broad SMARTS) is 2. The van der Waals surface area contributed by atoms with E-state index in [1.54, 1.807) is 50.2 Å².